The van der Waals surface area contributed by atoms with E-state index in [1.54, 1.807) is 24.3 Å². The van der Waals surface area contributed by atoms with Crippen LogP contribution in [0.15, 0.2) is 76.5 Å². The second kappa shape index (κ2) is 15.6. The Morgan fingerprint density at radius 3 is 2.44 bits per heavy atom. The van der Waals surface area contributed by atoms with Gasteiger partial charge < -0.3 is 35.1 Å². The summed E-state index contributed by atoms with van der Waals surface area (Å²) >= 11 is 0. The summed E-state index contributed by atoms with van der Waals surface area (Å²) in [5, 5.41) is 13.9. The van der Waals surface area contributed by atoms with E-state index in [0.717, 1.165) is 16.7 Å². The molecule has 2 atom stereocenters. The Balaban J connectivity index is 1.14. The average Bonchev–Trinajstić information content (AvgIpc) is 3.48. The van der Waals surface area contributed by atoms with Crippen molar-refractivity contribution < 1.29 is 40.9 Å². The van der Waals surface area contributed by atoms with Gasteiger partial charge in [0.1, 0.15) is 29.1 Å². The van der Waals surface area contributed by atoms with Crippen molar-refractivity contribution in [3.05, 3.63) is 72.3 Å². The maximum absolute atomic E-state index is 14.0. The van der Waals surface area contributed by atoms with E-state index in [2.05, 4.69) is 5.32 Å². The summed E-state index contributed by atoms with van der Waals surface area (Å²) in [6.45, 7) is 3.88. The van der Waals surface area contributed by atoms with Crippen LogP contribution < -0.4 is 20.5 Å². The van der Waals surface area contributed by atoms with Crippen LogP contribution in [0.5, 0.6) is 11.5 Å². The SMILES string of the molecule is CCOc1ccc(-c2ccc(CN)cc2)cc1S(=O)(=O)N1CCC2(CC1)C[C@H](NC[C@H](O)COc1cccc(S(=O)(=O)COC)c1)CO2. The molecule has 12 nitrogen and oxygen atoms in total. The van der Waals surface area contributed by atoms with Crippen LogP contribution >= 0.6 is 0 Å². The Kier molecular flexibility index (Phi) is 11.8. The highest BCUT2D eigenvalue weighted by Crippen LogP contribution is 2.39. The summed E-state index contributed by atoms with van der Waals surface area (Å²) in [7, 11) is -6.12. The maximum atomic E-state index is 14.0. The smallest absolute Gasteiger partial charge is 0.246 e. The van der Waals surface area contributed by atoms with E-state index in [1.165, 1.54) is 23.5 Å². The zero-order valence-corrected chi connectivity index (χ0v) is 29.0. The van der Waals surface area contributed by atoms with Crippen molar-refractivity contribution in [2.24, 2.45) is 5.73 Å². The molecule has 0 aromatic heterocycles. The molecule has 0 radical (unpaired) electrons. The number of aliphatic hydroxyl groups is 1. The number of methoxy groups -OCH3 is 1. The van der Waals surface area contributed by atoms with Crippen LogP contribution in [-0.2, 0) is 35.9 Å². The number of sulfone groups is 1. The summed E-state index contributed by atoms with van der Waals surface area (Å²) in [5.41, 5.74) is 7.95. The van der Waals surface area contributed by atoms with E-state index in [1.807, 2.05) is 37.3 Å². The van der Waals surface area contributed by atoms with E-state index < -0.39 is 37.5 Å². The van der Waals surface area contributed by atoms with E-state index in [9.17, 15) is 21.9 Å². The Hall–Kier alpha value is -3.08. The third-order valence-corrected chi connectivity index (χ3v) is 12.2. The van der Waals surface area contributed by atoms with Crippen molar-refractivity contribution in [1.82, 2.24) is 9.62 Å². The first-order valence-corrected chi connectivity index (χ1v) is 19.1. The molecule has 14 heteroatoms. The second-order valence-corrected chi connectivity index (χ2v) is 16.0. The average molecular weight is 704 g/mol. The Labute approximate surface area is 283 Å². The molecule has 2 heterocycles. The fourth-order valence-corrected chi connectivity index (χ4v) is 8.76. The number of hydrogen-bond acceptors (Lipinski definition) is 11. The lowest BCUT2D eigenvalue weighted by Crippen LogP contribution is -2.47. The van der Waals surface area contributed by atoms with Gasteiger partial charge in [-0.2, -0.15) is 4.31 Å². The van der Waals surface area contributed by atoms with Crippen molar-refractivity contribution in [3.63, 3.8) is 0 Å². The van der Waals surface area contributed by atoms with Crippen molar-refractivity contribution in [2.75, 3.05) is 52.5 Å². The van der Waals surface area contributed by atoms with Crippen LogP contribution in [0.2, 0.25) is 0 Å². The zero-order chi connectivity index (χ0) is 34.4. The zero-order valence-electron chi connectivity index (χ0n) is 27.3. The van der Waals surface area contributed by atoms with E-state index in [-0.39, 0.29) is 29.0 Å². The molecule has 0 amide bonds. The minimum atomic E-state index is -3.85. The van der Waals surface area contributed by atoms with Gasteiger partial charge in [0.25, 0.3) is 0 Å². The molecule has 2 fully saturated rings. The minimum absolute atomic E-state index is 0.0165. The first-order chi connectivity index (χ1) is 23.0. The van der Waals surface area contributed by atoms with Gasteiger partial charge in [0, 0.05) is 39.3 Å². The highest BCUT2D eigenvalue weighted by atomic mass is 32.2. The molecule has 0 bridgehead atoms. The number of nitrogens with zero attached hydrogens (tertiary/aromatic N) is 1. The van der Waals surface area contributed by atoms with Gasteiger partial charge in [-0.25, -0.2) is 16.8 Å². The molecule has 3 aromatic rings. The highest BCUT2D eigenvalue weighted by molar-refractivity contribution is 7.91. The first-order valence-electron chi connectivity index (χ1n) is 16.0. The normalized spacial score (nSPS) is 19.0. The lowest BCUT2D eigenvalue weighted by molar-refractivity contribution is -0.0312. The van der Waals surface area contributed by atoms with Crippen LogP contribution in [0.3, 0.4) is 0 Å². The standard InChI is InChI=1S/C34H45N3O9S2/c1-3-44-32-12-11-27(26-9-7-25(20-35)8-10-26)17-33(32)48(41,42)37-15-13-34(14-16-37)19-28(22-46-34)36-21-29(38)23-45-30-5-4-6-31(18-30)47(39,40)24-43-2/h4-12,17-18,28-29,36,38H,3,13-16,19-24,35H2,1-2H3/t28-,29-/m0/s1. The first kappa shape index (κ1) is 36.2. The van der Waals surface area contributed by atoms with Gasteiger partial charge in [0.15, 0.2) is 5.94 Å². The largest absolute Gasteiger partial charge is 0.492 e. The van der Waals surface area contributed by atoms with Crippen molar-refractivity contribution in [1.29, 1.82) is 0 Å². The third kappa shape index (κ3) is 8.55. The number of nitrogens with two attached hydrogens (primary N) is 1. The molecule has 3 aromatic carbocycles. The van der Waals surface area contributed by atoms with E-state index in [4.69, 9.17) is 24.7 Å². The molecule has 48 heavy (non-hydrogen) atoms. The molecule has 4 N–H and O–H groups in total. The van der Waals surface area contributed by atoms with Gasteiger partial charge in [-0.05, 0) is 73.2 Å². The number of rotatable bonds is 15. The van der Waals surface area contributed by atoms with Crippen molar-refractivity contribution in [2.45, 2.75) is 60.3 Å². The minimum Gasteiger partial charge on any atom is -0.492 e. The third-order valence-electron chi connectivity index (χ3n) is 8.75. The summed E-state index contributed by atoms with van der Waals surface area (Å²) in [4.78, 5) is 0.228. The molecule has 1 spiro atoms. The summed E-state index contributed by atoms with van der Waals surface area (Å²) in [5.74, 6) is 0.223. The number of benzene rings is 3. The van der Waals surface area contributed by atoms with Crippen LogP contribution in [-0.4, -0.2) is 96.5 Å². The molecular weight excluding hydrogens is 659 g/mol. The van der Waals surface area contributed by atoms with Gasteiger partial charge in [0.2, 0.25) is 19.9 Å². The molecule has 5 rings (SSSR count). The number of piperidine rings is 1. The highest BCUT2D eigenvalue weighted by Gasteiger charge is 2.45. The van der Waals surface area contributed by atoms with Gasteiger partial charge in [-0.15, -0.1) is 0 Å². The number of hydrogen-bond donors (Lipinski definition) is 3. The number of nitrogens with one attached hydrogen (secondary N) is 1. The molecular formula is C34H45N3O9S2. The Morgan fingerprint density at radius 1 is 1.02 bits per heavy atom. The number of ether oxygens (including phenoxy) is 4. The summed E-state index contributed by atoms with van der Waals surface area (Å²) in [6.07, 6.45) is 0.930. The predicted octanol–water partition coefficient (Wildman–Crippen LogP) is 2.93. The maximum Gasteiger partial charge on any atom is 0.246 e. The molecule has 0 saturated carbocycles. The summed E-state index contributed by atoms with van der Waals surface area (Å²) in [6, 6.07) is 19.1. The van der Waals surface area contributed by atoms with Crippen LogP contribution in [0.1, 0.15) is 31.7 Å². The predicted molar refractivity (Wildman–Crippen MR) is 181 cm³/mol. The fraction of sp³-hybridized carbons (Fsp3) is 0.471. The van der Waals surface area contributed by atoms with Crippen LogP contribution in [0.4, 0.5) is 0 Å². The monoisotopic (exact) mass is 703 g/mol. The topological polar surface area (TPSA) is 167 Å². The van der Waals surface area contributed by atoms with E-state index in [0.29, 0.717) is 63.6 Å². The molecule has 262 valence electrons. The van der Waals surface area contributed by atoms with Gasteiger partial charge in [-0.1, -0.05) is 36.4 Å². The van der Waals surface area contributed by atoms with Crippen LogP contribution in [0.25, 0.3) is 11.1 Å². The Bertz CT molecular complexity index is 1740. The number of aliphatic hydroxyl groups excluding tert-OH is 1. The quantitative estimate of drug-likeness (QED) is 0.213. The van der Waals surface area contributed by atoms with Gasteiger partial charge >= 0.3 is 0 Å². The second-order valence-electron chi connectivity index (χ2n) is 12.2. The van der Waals surface area contributed by atoms with Gasteiger partial charge in [0.05, 0.1) is 23.7 Å². The number of sulfonamides is 1. The molecule has 2 aliphatic heterocycles. The van der Waals surface area contributed by atoms with Crippen molar-refractivity contribution in [3.8, 4) is 22.6 Å². The van der Waals surface area contributed by atoms with Crippen molar-refractivity contribution >= 4 is 19.9 Å². The van der Waals surface area contributed by atoms with Crippen LogP contribution in [0, 0.1) is 0 Å². The molecule has 2 saturated heterocycles. The Morgan fingerprint density at radius 2 is 1.75 bits per heavy atom. The fourth-order valence-electron chi connectivity index (χ4n) is 6.13. The molecule has 2 aliphatic rings. The summed E-state index contributed by atoms with van der Waals surface area (Å²) < 4.78 is 76.4. The van der Waals surface area contributed by atoms with Gasteiger partial charge in [-0.3, -0.25) is 0 Å². The lowest BCUT2D eigenvalue weighted by Gasteiger charge is -2.38. The molecule has 0 aliphatic carbocycles. The molecule has 0 unspecified atom stereocenters. The van der Waals surface area contributed by atoms with E-state index >= 15 is 0 Å². The lowest BCUT2D eigenvalue weighted by atomic mass is 9.88.